The van der Waals surface area contributed by atoms with Crippen LogP contribution < -0.4 is 0 Å². The Morgan fingerprint density at radius 2 is 2.21 bits per heavy atom. The summed E-state index contributed by atoms with van der Waals surface area (Å²) in [5.41, 5.74) is 3.02. The molecular weight excluding hydrogens is 372 g/mol. The van der Waals surface area contributed by atoms with E-state index in [1.54, 1.807) is 0 Å². The topological polar surface area (TPSA) is 59.7 Å². The van der Waals surface area contributed by atoms with Crippen molar-refractivity contribution < 1.29 is 9.53 Å². The molecule has 0 amide bonds. The van der Waals surface area contributed by atoms with Crippen LogP contribution in [-0.4, -0.2) is 44.9 Å². The summed E-state index contributed by atoms with van der Waals surface area (Å²) >= 11 is 3.67. The monoisotopic (exact) mass is 394 g/mol. The van der Waals surface area contributed by atoms with Gasteiger partial charge in [0, 0.05) is 24.5 Å². The van der Waals surface area contributed by atoms with Crippen molar-refractivity contribution in [2.75, 3.05) is 19.7 Å². The molecule has 24 heavy (non-hydrogen) atoms. The Hall–Kier alpha value is -1.47. The SMILES string of the molecule is CCOC(=O)C1CCCN(Cc2nc3nc(C)cc(C)n3c2Br)C1. The summed E-state index contributed by atoms with van der Waals surface area (Å²) in [6.07, 6.45) is 1.91. The number of fused-ring (bicyclic) bond motifs is 1. The van der Waals surface area contributed by atoms with Crippen molar-refractivity contribution in [2.24, 2.45) is 5.92 Å². The zero-order chi connectivity index (χ0) is 17.3. The van der Waals surface area contributed by atoms with Gasteiger partial charge in [0.05, 0.1) is 18.2 Å². The van der Waals surface area contributed by atoms with Gasteiger partial charge in [0.15, 0.2) is 0 Å². The number of hydrogen-bond acceptors (Lipinski definition) is 5. The van der Waals surface area contributed by atoms with Gasteiger partial charge in [-0.05, 0) is 62.2 Å². The maximum absolute atomic E-state index is 12.0. The average molecular weight is 395 g/mol. The quantitative estimate of drug-likeness (QED) is 0.746. The number of hydrogen-bond donors (Lipinski definition) is 0. The summed E-state index contributed by atoms with van der Waals surface area (Å²) in [5, 5.41) is 0. The largest absolute Gasteiger partial charge is 0.466 e. The van der Waals surface area contributed by atoms with Crippen LogP contribution in [0.1, 0.15) is 36.8 Å². The number of piperidine rings is 1. The molecule has 0 N–H and O–H groups in total. The van der Waals surface area contributed by atoms with E-state index in [1.807, 2.05) is 24.3 Å². The van der Waals surface area contributed by atoms with Gasteiger partial charge in [0.1, 0.15) is 4.60 Å². The first-order valence-electron chi connectivity index (χ1n) is 8.39. The number of likely N-dealkylation sites (tertiary alicyclic amines) is 1. The van der Waals surface area contributed by atoms with E-state index in [4.69, 9.17) is 4.74 Å². The maximum Gasteiger partial charge on any atom is 0.310 e. The summed E-state index contributed by atoms with van der Waals surface area (Å²) in [6, 6.07) is 2.04. The lowest BCUT2D eigenvalue weighted by atomic mass is 9.98. The number of aryl methyl sites for hydroxylation is 2. The Bertz CT molecular complexity index is 759. The van der Waals surface area contributed by atoms with Gasteiger partial charge in [-0.3, -0.25) is 14.1 Å². The van der Waals surface area contributed by atoms with Crippen LogP contribution in [0.2, 0.25) is 0 Å². The molecule has 0 spiro atoms. The van der Waals surface area contributed by atoms with Crippen LogP contribution in [0.3, 0.4) is 0 Å². The predicted octanol–water partition coefficient (Wildman–Crippen LogP) is 2.88. The summed E-state index contributed by atoms with van der Waals surface area (Å²) in [4.78, 5) is 23.5. The first-order valence-corrected chi connectivity index (χ1v) is 9.19. The summed E-state index contributed by atoms with van der Waals surface area (Å²) < 4.78 is 8.14. The van der Waals surface area contributed by atoms with Gasteiger partial charge >= 0.3 is 5.97 Å². The van der Waals surface area contributed by atoms with E-state index >= 15 is 0 Å². The molecule has 1 aliphatic rings. The molecule has 1 saturated heterocycles. The van der Waals surface area contributed by atoms with Crippen LogP contribution in [0.5, 0.6) is 0 Å². The van der Waals surface area contributed by atoms with E-state index < -0.39 is 0 Å². The third-order valence-corrected chi connectivity index (χ3v) is 5.23. The number of halogens is 1. The van der Waals surface area contributed by atoms with Gasteiger partial charge in [0.25, 0.3) is 0 Å². The molecule has 0 radical (unpaired) electrons. The van der Waals surface area contributed by atoms with Crippen LogP contribution in [0.25, 0.3) is 5.78 Å². The van der Waals surface area contributed by atoms with Crippen LogP contribution in [0.15, 0.2) is 10.7 Å². The van der Waals surface area contributed by atoms with Gasteiger partial charge in [-0.25, -0.2) is 9.97 Å². The summed E-state index contributed by atoms with van der Waals surface area (Å²) in [7, 11) is 0. The minimum atomic E-state index is -0.0793. The smallest absolute Gasteiger partial charge is 0.310 e. The molecule has 2 aromatic heterocycles. The zero-order valence-corrected chi connectivity index (χ0v) is 16.0. The number of ether oxygens (including phenoxy) is 1. The average Bonchev–Trinajstić information content (AvgIpc) is 2.83. The number of carbonyl (C=O) groups excluding carboxylic acids is 1. The highest BCUT2D eigenvalue weighted by atomic mass is 79.9. The number of carbonyl (C=O) groups is 1. The van der Waals surface area contributed by atoms with E-state index in [-0.39, 0.29) is 11.9 Å². The Balaban J connectivity index is 1.78. The highest BCUT2D eigenvalue weighted by molar-refractivity contribution is 9.10. The first-order chi connectivity index (χ1) is 11.5. The second kappa shape index (κ2) is 7.19. The lowest BCUT2D eigenvalue weighted by molar-refractivity contribution is -0.150. The van der Waals surface area contributed by atoms with E-state index in [0.29, 0.717) is 18.9 Å². The number of imidazole rings is 1. The number of esters is 1. The van der Waals surface area contributed by atoms with E-state index in [2.05, 4.69) is 37.7 Å². The van der Waals surface area contributed by atoms with Crippen molar-refractivity contribution in [2.45, 2.75) is 40.2 Å². The van der Waals surface area contributed by atoms with Crippen LogP contribution in [-0.2, 0) is 16.1 Å². The highest BCUT2D eigenvalue weighted by Crippen LogP contribution is 2.25. The molecule has 1 fully saturated rings. The Labute approximate surface area is 150 Å². The van der Waals surface area contributed by atoms with Gasteiger partial charge in [-0.2, -0.15) is 0 Å². The Kier molecular flexibility index (Phi) is 5.20. The fourth-order valence-corrected chi connectivity index (χ4v) is 3.99. The van der Waals surface area contributed by atoms with Crippen molar-refractivity contribution in [1.29, 1.82) is 0 Å². The normalized spacial score (nSPS) is 18.9. The third-order valence-electron chi connectivity index (χ3n) is 4.42. The molecular formula is C17H23BrN4O2. The second-order valence-electron chi connectivity index (χ2n) is 6.35. The standard InChI is InChI=1S/C17H23BrN4O2/c1-4-24-16(23)13-6-5-7-21(9-13)10-14-15(18)22-12(3)8-11(2)19-17(22)20-14/h8,13H,4-7,9-10H2,1-3H3. The van der Waals surface area contributed by atoms with Crippen LogP contribution in [0, 0.1) is 19.8 Å². The van der Waals surface area contributed by atoms with E-state index in [9.17, 15) is 4.79 Å². The molecule has 1 aliphatic heterocycles. The fraction of sp³-hybridized carbons (Fsp3) is 0.588. The predicted molar refractivity (Wildman–Crippen MR) is 94.8 cm³/mol. The minimum absolute atomic E-state index is 0.0309. The highest BCUT2D eigenvalue weighted by Gasteiger charge is 2.28. The molecule has 1 unspecified atom stereocenters. The van der Waals surface area contributed by atoms with Crippen molar-refractivity contribution in [3.63, 3.8) is 0 Å². The Morgan fingerprint density at radius 1 is 1.42 bits per heavy atom. The fourth-order valence-electron chi connectivity index (χ4n) is 3.34. The maximum atomic E-state index is 12.0. The number of rotatable bonds is 4. The first kappa shape index (κ1) is 17.4. The molecule has 1 atom stereocenters. The van der Waals surface area contributed by atoms with Crippen LogP contribution in [0.4, 0.5) is 0 Å². The molecule has 0 aliphatic carbocycles. The second-order valence-corrected chi connectivity index (χ2v) is 7.10. The molecule has 6 nitrogen and oxygen atoms in total. The molecule has 7 heteroatoms. The van der Waals surface area contributed by atoms with Crippen LogP contribution >= 0.6 is 15.9 Å². The van der Waals surface area contributed by atoms with Gasteiger partial charge in [-0.1, -0.05) is 0 Å². The molecule has 0 bridgehead atoms. The van der Waals surface area contributed by atoms with Gasteiger partial charge < -0.3 is 4.74 Å². The molecule has 2 aromatic rings. The lowest BCUT2D eigenvalue weighted by Crippen LogP contribution is -2.39. The lowest BCUT2D eigenvalue weighted by Gasteiger charge is -2.30. The molecule has 0 aromatic carbocycles. The number of aromatic nitrogens is 3. The summed E-state index contributed by atoms with van der Waals surface area (Å²) in [5.74, 6) is 0.606. The van der Waals surface area contributed by atoms with Crippen molar-refractivity contribution in [1.82, 2.24) is 19.3 Å². The Morgan fingerprint density at radius 3 is 2.96 bits per heavy atom. The van der Waals surface area contributed by atoms with E-state index in [0.717, 1.165) is 47.6 Å². The van der Waals surface area contributed by atoms with E-state index in [1.165, 1.54) is 0 Å². The van der Waals surface area contributed by atoms with Crippen molar-refractivity contribution in [3.05, 3.63) is 27.8 Å². The molecule has 130 valence electrons. The van der Waals surface area contributed by atoms with Crippen molar-refractivity contribution >= 4 is 27.7 Å². The minimum Gasteiger partial charge on any atom is -0.466 e. The zero-order valence-electron chi connectivity index (χ0n) is 14.4. The van der Waals surface area contributed by atoms with Gasteiger partial charge in [-0.15, -0.1) is 0 Å². The number of nitrogens with zero attached hydrogens (tertiary/aromatic N) is 4. The van der Waals surface area contributed by atoms with Crippen molar-refractivity contribution in [3.8, 4) is 0 Å². The van der Waals surface area contributed by atoms with Gasteiger partial charge in [0.2, 0.25) is 5.78 Å². The molecule has 3 heterocycles. The molecule has 3 rings (SSSR count). The summed E-state index contributed by atoms with van der Waals surface area (Å²) in [6.45, 7) is 8.73. The third kappa shape index (κ3) is 3.47. The molecule has 0 saturated carbocycles.